The van der Waals surface area contributed by atoms with Crippen molar-refractivity contribution in [2.75, 3.05) is 12.3 Å². The Kier molecular flexibility index (Phi) is 10.2. The first-order valence-electron chi connectivity index (χ1n) is 8.77. The largest absolute Gasteiger partial charge is 0.462 e. The Hall–Kier alpha value is -1.51. The molecule has 1 aromatic rings. The summed E-state index contributed by atoms with van der Waals surface area (Å²) in [5.74, 6) is -0.311. The molecule has 0 saturated heterocycles. The van der Waals surface area contributed by atoms with Gasteiger partial charge in [0, 0.05) is 5.69 Å². The Balaban J connectivity index is 1.95. The summed E-state index contributed by atoms with van der Waals surface area (Å²) in [6.07, 6.45) is 12.8. The Morgan fingerprint density at radius 2 is 1.45 bits per heavy atom. The number of hydrogen-bond donors (Lipinski definition) is 1. The van der Waals surface area contributed by atoms with E-state index in [9.17, 15) is 4.79 Å². The van der Waals surface area contributed by atoms with Crippen molar-refractivity contribution in [3.8, 4) is 0 Å². The minimum Gasteiger partial charge on any atom is -0.462 e. The third kappa shape index (κ3) is 8.06. The van der Waals surface area contributed by atoms with Crippen molar-refractivity contribution in [1.29, 1.82) is 0 Å². The van der Waals surface area contributed by atoms with Crippen molar-refractivity contribution in [3.63, 3.8) is 0 Å². The molecule has 0 aliphatic heterocycles. The molecule has 3 heteroatoms. The van der Waals surface area contributed by atoms with Gasteiger partial charge in [0.15, 0.2) is 0 Å². The van der Waals surface area contributed by atoms with Crippen LogP contribution >= 0.6 is 0 Å². The second kappa shape index (κ2) is 12.1. The minimum atomic E-state index is -0.311. The number of benzene rings is 1. The summed E-state index contributed by atoms with van der Waals surface area (Å²) >= 11 is 0. The summed E-state index contributed by atoms with van der Waals surface area (Å²) in [4.78, 5) is 11.8. The van der Waals surface area contributed by atoms with Gasteiger partial charge in [-0.05, 0) is 18.6 Å². The number of nitrogen functional groups attached to an aromatic ring is 1. The molecule has 0 atom stereocenters. The molecule has 0 aliphatic carbocycles. The topological polar surface area (TPSA) is 52.3 Å². The van der Waals surface area contributed by atoms with Crippen LogP contribution in [0.3, 0.4) is 0 Å². The SMILES string of the molecule is CCCCCCCCCCCCOC(=O)c1ccccc1N. The van der Waals surface area contributed by atoms with E-state index in [1.807, 2.05) is 6.07 Å². The highest BCUT2D eigenvalue weighted by Crippen LogP contribution is 2.13. The molecule has 0 bridgehead atoms. The quantitative estimate of drug-likeness (QED) is 0.322. The van der Waals surface area contributed by atoms with E-state index in [1.165, 1.54) is 51.4 Å². The Labute approximate surface area is 135 Å². The third-order valence-electron chi connectivity index (χ3n) is 3.91. The molecule has 0 spiro atoms. The smallest absolute Gasteiger partial charge is 0.340 e. The van der Waals surface area contributed by atoms with Crippen molar-refractivity contribution in [2.24, 2.45) is 0 Å². The van der Waals surface area contributed by atoms with Crippen LogP contribution < -0.4 is 5.73 Å². The van der Waals surface area contributed by atoms with Gasteiger partial charge in [-0.2, -0.15) is 0 Å². The van der Waals surface area contributed by atoms with Crippen molar-refractivity contribution in [2.45, 2.75) is 71.1 Å². The van der Waals surface area contributed by atoms with E-state index in [2.05, 4.69) is 6.92 Å². The molecule has 0 unspecified atom stereocenters. The standard InChI is InChI=1S/C19H31NO2/c1-2-3-4-5-6-7-8-9-10-13-16-22-19(21)17-14-11-12-15-18(17)20/h11-12,14-15H,2-10,13,16,20H2,1H3. The highest BCUT2D eigenvalue weighted by atomic mass is 16.5. The van der Waals surface area contributed by atoms with Crippen LogP contribution in [-0.4, -0.2) is 12.6 Å². The number of hydrogen-bond acceptors (Lipinski definition) is 3. The Morgan fingerprint density at radius 3 is 2.05 bits per heavy atom. The first-order valence-corrected chi connectivity index (χ1v) is 8.77. The lowest BCUT2D eigenvalue weighted by Gasteiger charge is -2.06. The van der Waals surface area contributed by atoms with Crippen LogP contribution in [0.25, 0.3) is 0 Å². The average molecular weight is 305 g/mol. The molecular formula is C19H31NO2. The summed E-state index contributed by atoms with van der Waals surface area (Å²) in [6, 6.07) is 7.04. The second-order valence-corrected chi connectivity index (χ2v) is 5.91. The number of carbonyl (C=O) groups excluding carboxylic acids is 1. The first kappa shape index (κ1) is 18.5. The lowest BCUT2D eigenvalue weighted by molar-refractivity contribution is 0.0499. The van der Waals surface area contributed by atoms with E-state index in [1.54, 1.807) is 18.2 Å². The molecule has 0 aromatic heterocycles. The van der Waals surface area contributed by atoms with E-state index < -0.39 is 0 Å². The number of carbonyl (C=O) groups is 1. The van der Waals surface area contributed by atoms with Crippen LogP contribution in [0.2, 0.25) is 0 Å². The molecule has 1 aromatic carbocycles. The van der Waals surface area contributed by atoms with E-state index >= 15 is 0 Å². The van der Waals surface area contributed by atoms with Crippen molar-refractivity contribution >= 4 is 11.7 Å². The maximum Gasteiger partial charge on any atom is 0.340 e. The predicted molar refractivity (Wildman–Crippen MR) is 93.0 cm³/mol. The van der Waals surface area contributed by atoms with E-state index in [-0.39, 0.29) is 5.97 Å². The molecule has 0 aliphatic rings. The van der Waals surface area contributed by atoms with Gasteiger partial charge in [-0.15, -0.1) is 0 Å². The molecule has 0 fully saturated rings. The third-order valence-corrected chi connectivity index (χ3v) is 3.91. The summed E-state index contributed by atoms with van der Waals surface area (Å²) in [7, 11) is 0. The second-order valence-electron chi connectivity index (χ2n) is 5.91. The van der Waals surface area contributed by atoms with Crippen molar-refractivity contribution in [3.05, 3.63) is 29.8 Å². The summed E-state index contributed by atoms with van der Waals surface area (Å²) < 4.78 is 5.26. The van der Waals surface area contributed by atoms with Crippen LogP contribution in [0, 0.1) is 0 Å². The van der Waals surface area contributed by atoms with Gasteiger partial charge in [-0.3, -0.25) is 0 Å². The minimum absolute atomic E-state index is 0.311. The average Bonchev–Trinajstić information content (AvgIpc) is 2.53. The fraction of sp³-hybridized carbons (Fsp3) is 0.632. The fourth-order valence-electron chi connectivity index (χ4n) is 2.52. The molecule has 0 radical (unpaired) electrons. The number of esters is 1. The maximum atomic E-state index is 11.8. The monoisotopic (exact) mass is 305 g/mol. The summed E-state index contributed by atoms with van der Waals surface area (Å²) in [5.41, 5.74) is 6.70. The summed E-state index contributed by atoms with van der Waals surface area (Å²) in [5, 5.41) is 0. The zero-order valence-corrected chi connectivity index (χ0v) is 14.0. The van der Waals surface area contributed by atoms with Gasteiger partial charge in [-0.25, -0.2) is 4.79 Å². The highest BCUT2D eigenvalue weighted by molar-refractivity contribution is 5.94. The predicted octanol–water partition coefficient (Wildman–Crippen LogP) is 5.35. The van der Waals surface area contributed by atoms with Gasteiger partial charge in [0.05, 0.1) is 12.2 Å². The van der Waals surface area contributed by atoms with Gasteiger partial charge in [0.25, 0.3) is 0 Å². The maximum absolute atomic E-state index is 11.8. The van der Waals surface area contributed by atoms with Gasteiger partial charge in [-0.1, -0.05) is 76.8 Å². The van der Waals surface area contributed by atoms with Crippen LogP contribution in [-0.2, 0) is 4.74 Å². The normalized spacial score (nSPS) is 10.6. The van der Waals surface area contributed by atoms with Gasteiger partial charge >= 0.3 is 5.97 Å². The Morgan fingerprint density at radius 1 is 0.909 bits per heavy atom. The van der Waals surface area contributed by atoms with E-state index in [0.717, 1.165) is 12.8 Å². The van der Waals surface area contributed by atoms with Gasteiger partial charge < -0.3 is 10.5 Å². The molecular weight excluding hydrogens is 274 g/mol. The van der Waals surface area contributed by atoms with Crippen LogP contribution in [0.5, 0.6) is 0 Å². The number of rotatable bonds is 12. The van der Waals surface area contributed by atoms with Crippen molar-refractivity contribution < 1.29 is 9.53 Å². The van der Waals surface area contributed by atoms with Crippen LogP contribution in [0.15, 0.2) is 24.3 Å². The van der Waals surface area contributed by atoms with Crippen molar-refractivity contribution in [1.82, 2.24) is 0 Å². The molecule has 22 heavy (non-hydrogen) atoms. The molecule has 1 rings (SSSR count). The molecule has 0 heterocycles. The Bertz CT molecular complexity index is 418. The number of para-hydroxylation sites is 1. The van der Waals surface area contributed by atoms with Crippen LogP contribution in [0.1, 0.15) is 81.5 Å². The molecule has 0 saturated carbocycles. The molecule has 0 amide bonds. The number of ether oxygens (including phenoxy) is 1. The molecule has 2 N–H and O–H groups in total. The van der Waals surface area contributed by atoms with E-state index in [4.69, 9.17) is 10.5 Å². The lowest BCUT2D eigenvalue weighted by Crippen LogP contribution is -2.09. The zero-order valence-electron chi connectivity index (χ0n) is 14.0. The van der Waals surface area contributed by atoms with Crippen LogP contribution in [0.4, 0.5) is 5.69 Å². The lowest BCUT2D eigenvalue weighted by atomic mass is 10.1. The number of nitrogens with two attached hydrogens (primary N) is 1. The fourth-order valence-corrected chi connectivity index (χ4v) is 2.52. The highest BCUT2D eigenvalue weighted by Gasteiger charge is 2.09. The van der Waals surface area contributed by atoms with E-state index in [0.29, 0.717) is 17.9 Å². The number of unbranched alkanes of at least 4 members (excludes halogenated alkanes) is 9. The molecule has 124 valence electrons. The number of anilines is 1. The van der Waals surface area contributed by atoms with Gasteiger partial charge in [0.2, 0.25) is 0 Å². The zero-order chi connectivity index (χ0) is 16.0. The van der Waals surface area contributed by atoms with Gasteiger partial charge in [0.1, 0.15) is 0 Å². The summed E-state index contributed by atoms with van der Waals surface area (Å²) in [6.45, 7) is 2.74. The first-order chi connectivity index (χ1) is 10.8. The molecule has 3 nitrogen and oxygen atoms in total.